The standard InChI is InChI=1S/C20H24N6O/c1-4-5-6-10-13-22-15(12-9-7-8-11-26(12)13)18-23-16(21)14-17(24-18)25-19(27)20(14,2)3/h7-9,11H,4-6,10H2,1-3H3,(H3,21,23,24,25,27). The maximum absolute atomic E-state index is 12.3. The number of imidazole rings is 1. The third-order valence-corrected chi connectivity index (χ3v) is 5.20. The smallest absolute Gasteiger partial charge is 0.235 e. The van der Waals surface area contributed by atoms with E-state index in [0.29, 0.717) is 28.7 Å². The molecule has 0 spiro atoms. The number of aryl methyl sites for hydroxylation is 1. The second kappa shape index (κ2) is 6.33. The summed E-state index contributed by atoms with van der Waals surface area (Å²) in [5, 5.41) is 2.83. The number of nitrogen functional groups attached to an aromatic ring is 1. The lowest BCUT2D eigenvalue weighted by Crippen LogP contribution is -2.27. The van der Waals surface area contributed by atoms with Gasteiger partial charge in [-0.05, 0) is 32.4 Å². The molecule has 0 unspecified atom stereocenters. The number of anilines is 2. The van der Waals surface area contributed by atoms with Gasteiger partial charge in [0.05, 0.1) is 16.5 Å². The first-order valence-corrected chi connectivity index (χ1v) is 9.39. The number of unbranched alkanes of at least 4 members (excludes halogenated alkanes) is 2. The van der Waals surface area contributed by atoms with Gasteiger partial charge < -0.3 is 15.5 Å². The Kier molecular flexibility index (Phi) is 4.09. The van der Waals surface area contributed by atoms with E-state index in [4.69, 9.17) is 10.7 Å². The predicted molar refractivity (Wildman–Crippen MR) is 106 cm³/mol. The number of rotatable bonds is 5. The van der Waals surface area contributed by atoms with Gasteiger partial charge in [-0.2, -0.15) is 0 Å². The zero-order valence-corrected chi connectivity index (χ0v) is 15.9. The molecular formula is C20H24N6O. The highest BCUT2D eigenvalue weighted by atomic mass is 16.2. The lowest BCUT2D eigenvalue weighted by molar-refractivity contribution is -0.119. The fourth-order valence-electron chi connectivity index (χ4n) is 3.64. The number of aromatic nitrogens is 4. The Morgan fingerprint density at radius 3 is 2.78 bits per heavy atom. The number of carbonyl (C=O) groups excluding carboxylic acids is 1. The Morgan fingerprint density at radius 1 is 1.19 bits per heavy atom. The molecule has 0 aromatic carbocycles. The van der Waals surface area contributed by atoms with Crippen LogP contribution in [0.1, 0.15) is 51.4 Å². The minimum atomic E-state index is -0.737. The second-order valence-corrected chi connectivity index (χ2v) is 7.52. The zero-order chi connectivity index (χ0) is 19.2. The van der Waals surface area contributed by atoms with E-state index in [1.165, 1.54) is 6.42 Å². The molecule has 7 nitrogen and oxygen atoms in total. The Hall–Kier alpha value is -2.96. The van der Waals surface area contributed by atoms with Crippen molar-refractivity contribution in [3.05, 3.63) is 35.8 Å². The molecule has 0 aliphatic carbocycles. The topological polar surface area (TPSA) is 98.2 Å². The number of fused-ring (bicyclic) bond motifs is 2. The molecule has 4 rings (SSSR count). The van der Waals surface area contributed by atoms with Crippen LogP contribution in [0, 0.1) is 0 Å². The zero-order valence-electron chi connectivity index (χ0n) is 15.9. The molecule has 7 heteroatoms. The molecule has 1 amide bonds. The van der Waals surface area contributed by atoms with Gasteiger partial charge in [-0.1, -0.05) is 25.8 Å². The number of carbonyl (C=O) groups is 1. The van der Waals surface area contributed by atoms with Crippen molar-refractivity contribution in [1.29, 1.82) is 0 Å². The van der Waals surface area contributed by atoms with Crippen LogP contribution in [0.2, 0.25) is 0 Å². The average molecular weight is 364 g/mol. The van der Waals surface area contributed by atoms with Crippen molar-refractivity contribution in [3.8, 4) is 11.5 Å². The summed E-state index contributed by atoms with van der Waals surface area (Å²) in [6.07, 6.45) is 6.32. The molecule has 0 saturated heterocycles. The average Bonchev–Trinajstić information content (AvgIpc) is 3.11. The van der Waals surface area contributed by atoms with Crippen LogP contribution >= 0.6 is 0 Å². The summed E-state index contributed by atoms with van der Waals surface area (Å²) in [7, 11) is 0. The predicted octanol–water partition coefficient (Wildman–Crippen LogP) is 3.34. The quantitative estimate of drug-likeness (QED) is 0.677. The van der Waals surface area contributed by atoms with Crippen LogP contribution in [0.15, 0.2) is 24.4 Å². The Balaban J connectivity index is 1.83. The van der Waals surface area contributed by atoms with Crippen LogP contribution in [-0.4, -0.2) is 25.3 Å². The van der Waals surface area contributed by atoms with Crippen LogP contribution in [0.4, 0.5) is 11.6 Å². The first kappa shape index (κ1) is 17.5. The number of pyridine rings is 1. The fourth-order valence-corrected chi connectivity index (χ4v) is 3.64. The highest BCUT2D eigenvalue weighted by Crippen LogP contribution is 2.40. The number of amides is 1. The van der Waals surface area contributed by atoms with E-state index in [2.05, 4.69) is 26.6 Å². The van der Waals surface area contributed by atoms with Crippen molar-refractivity contribution in [2.24, 2.45) is 0 Å². The molecule has 3 aromatic heterocycles. The molecule has 1 aliphatic rings. The Labute approximate surface area is 158 Å². The molecule has 3 N–H and O–H groups in total. The lowest BCUT2D eigenvalue weighted by atomic mass is 9.87. The normalized spacial score (nSPS) is 15.1. The number of hydrogen-bond donors (Lipinski definition) is 2. The van der Waals surface area contributed by atoms with Crippen molar-refractivity contribution in [3.63, 3.8) is 0 Å². The lowest BCUT2D eigenvalue weighted by Gasteiger charge is -2.15. The van der Waals surface area contributed by atoms with Crippen molar-refractivity contribution >= 4 is 23.1 Å². The Bertz CT molecular complexity index is 1040. The molecule has 0 saturated carbocycles. The SMILES string of the molecule is CCCCCc1nc(-c2nc(N)c3c(n2)NC(=O)C3(C)C)c2ccccn12. The van der Waals surface area contributed by atoms with Gasteiger partial charge >= 0.3 is 0 Å². The molecule has 1 aliphatic heterocycles. The van der Waals surface area contributed by atoms with E-state index in [1.54, 1.807) is 0 Å². The third-order valence-electron chi connectivity index (χ3n) is 5.20. The number of hydrogen-bond acceptors (Lipinski definition) is 5. The first-order chi connectivity index (χ1) is 12.9. The molecule has 0 atom stereocenters. The van der Waals surface area contributed by atoms with Crippen LogP contribution in [0.25, 0.3) is 17.0 Å². The van der Waals surface area contributed by atoms with Gasteiger partial charge in [-0.3, -0.25) is 4.79 Å². The Morgan fingerprint density at radius 2 is 2.00 bits per heavy atom. The van der Waals surface area contributed by atoms with Gasteiger partial charge in [0.1, 0.15) is 23.2 Å². The van der Waals surface area contributed by atoms with E-state index >= 15 is 0 Å². The van der Waals surface area contributed by atoms with E-state index in [1.807, 2.05) is 38.2 Å². The minimum Gasteiger partial charge on any atom is -0.383 e. The number of nitrogens with one attached hydrogen (secondary N) is 1. The van der Waals surface area contributed by atoms with E-state index in [0.717, 1.165) is 30.6 Å². The monoisotopic (exact) mass is 364 g/mol. The van der Waals surface area contributed by atoms with Crippen molar-refractivity contribution < 1.29 is 4.79 Å². The molecule has 4 heterocycles. The summed E-state index contributed by atoms with van der Waals surface area (Å²) < 4.78 is 2.08. The van der Waals surface area contributed by atoms with Crippen LogP contribution in [0.3, 0.4) is 0 Å². The third kappa shape index (κ3) is 2.74. The fraction of sp³-hybridized carbons (Fsp3) is 0.400. The number of nitrogens with zero attached hydrogens (tertiary/aromatic N) is 4. The van der Waals surface area contributed by atoms with E-state index < -0.39 is 5.41 Å². The summed E-state index contributed by atoms with van der Waals surface area (Å²) in [5.41, 5.74) is 7.77. The molecule has 0 fully saturated rings. The highest BCUT2D eigenvalue weighted by Gasteiger charge is 2.42. The van der Waals surface area contributed by atoms with Gasteiger partial charge in [0.15, 0.2) is 5.82 Å². The minimum absolute atomic E-state index is 0.120. The molecule has 3 aromatic rings. The highest BCUT2D eigenvalue weighted by molar-refractivity contribution is 6.06. The van der Waals surface area contributed by atoms with Crippen LogP contribution < -0.4 is 11.1 Å². The van der Waals surface area contributed by atoms with Crippen molar-refractivity contribution in [2.75, 3.05) is 11.1 Å². The van der Waals surface area contributed by atoms with Crippen molar-refractivity contribution in [1.82, 2.24) is 19.4 Å². The van der Waals surface area contributed by atoms with Crippen LogP contribution in [-0.2, 0) is 16.6 Å². The maximum atomic E-state index is 12.3. The molecule has 0 bridgehead atoms. The number of nitrogens with two attached hydrogens (primary N) is 1. The summed E-state index contributed by atoms with van der Waals surface area (Å²) in [6, 6.07) is 5.96. The largest absolute Gasteiger partial charge is 0.383 e. The van der Waals surface area contributed by atoms with E-state index in [-0.39, 0.29) is 5.91 Å². The molecular weight excluding hydrogens is 340 g/mol. The summed E-state index contributed by atoms with van der Waals surface area (Å²) in [6.45, 7) is 5.84. The second-order valence-electron chi connectivity index (χ2n) is 7.52. The summed E-state index contributed by atoms with van der Waals surface area (Å²) in [5.74, 6) is 2.11. The van der Waals surface area contributed by atoms with Gasteiger partial charge in [-0.25, -0.2) is 15.0 Å². The van der Waals surface area contributed by atoms with Gasteiger partial charge in [-0.15, -0.1) is 0 Å². The van der Waals surface area contributed by atoms with Gasteiger partial charge in [0, 0.05) is 12.6 Å². The summed E-state index contributed by atoms with van der Waals surface area (Å²) >= 11 is 0. The van der Waals surface area contributed by atoms with Crippen LogP contribution in [0.5, 0.6) is 0 Å². The molecule has 0 radical (unpaired) electrons. The van der Waals surface area contributed by atoms with Gasteiger partial charge in [0.2, 0.25) is 5.91 Å². The van der Waals surface area contributed by atoms with E-state index in [9.17, 15) is 4.79 Å². The molecule has 140 valence electrons. The first-order valence-electron chi connectivity index (χ1n) is 9.39. The van der Waals surface area contributed by atoms with Gasteiger partial charge in [0.25, 0.3) is 0 Å². The van der Waals surface area contributed by atoms with Crippen molar-refractivity contribution in [2.45, 2.75) is 51.9 Å². The summed E-state index contributed by atoms with van der Waals surface area (Å²) in [4.78, 5) is 26.2. The maximum Gasteiger partial charge on any atom is 0.235 e. The molecule has 27 heavy (non-hydrogen) atoms.